The number of benzene rings is 2. The number of hydrogen-bond acceptors (Lipinski definition) is 4. The first-order chi connectivity index (χ1) is 12.3. The third-order valence-corrected chi connectivity index (χ3v) is 3.14. The van der Waals surface area contributed by atoms with Gasteiger partial charge in [-0.05, 0) is 48.5 Å². The van der Waals surface area contributed by atoms with Crippen LogP contribution in [0, 0.1) is 0 Å². The summed E-state index contributed by atoms with van der Waals surface area (Å²) in [5.74, 6) is -1.29. The Morgan fingerprint density at radius 2 is 1.46 bits per heavy atom. The van der Waals surface area contributed by atoms with Crippen molar-refractivity contribution in [2.75, 3.05) is 16.8 Å². The topological polar surface area (TPSA) is 118 Å². The number of carbonyl (C=O) groups excluding carboxylic acids is 1. The molecule has 6 N–H and O–H groups in total. The van der Waals surface area contributed by atoms with Gasteiger partial charge in [-0.3, -0.25) is 4.79 Å². The summed E-state index contributed by atoms with van der Waals surface area (Å²) in [5.41, 5.74) is 20.1. The summed E-state index contributed by atoms with van der Waals surface area (Å²) in [5, 5.41) is 2.50. The molecule has 0 aliphatic carbocycles. The fourth-order valence-corrected chi connectivity index (χ4v) is 1.83. The number of carbonyl (C=O) groups is 1. The molecular formula is C18H17F2N4O2-. The summed E-state index contributed by atoms with van der Waals surface area (Å²) in [6.45, 7) is 0. The average molecular weight is 359 g/mol. The third kappa shape index (κ3) is 5.52. The van der Waals surface area contributed by atoms with Crippen LogP contribution in [0.4, 0.5) is 31.5 Å². The minimum absolute atomic E-state index is 0.165. The second kappa shape index (κ2) is 8.52. The SMILES string of the molecule is Nc1ccc(NC(=O)c2ccc(C(F)F)o2)cc1.[NH-]c1ccc(N)cc1. The smallest absolute Gasteiger partial charge is 0.295 e. The molecule has 26 heavy (non-hydrogen) atoms. The molecular weight excluding hydrogens is 342 g/mol. The van der Waals surface area contributed by atoms with Gasteiger partial charge in [-0.25, -0.2) is 8.78 Å². The number of furan rings is 1. The van der Waals surface area contributed by atoms with Crippen LogP contribution in [0.5, 0.6) is 0 Å². The van der Waals surface area contributed by atoms with Crippen LogP contribution in [0.15, 0.2) is 65.1 Å². The summed E-state index contributed by atoms with van der Waals surface area (Å²) in [7, 11) is 0. The summed E-state index contributed by atoms with van der Waals surface area (Å²) in [6, 6.07) is 15.4. The van der Waals surface area contributed by atoms with E-state index in [1.807, 2.05) is 0 Å². The highest BCUT2D eigenvalue weighted by atomic mass is 19.3. The van der Waals surface area contributed by atoms with Gasteiger partial charge in [0.1, 0.15) is 0 Å². The van der Waals surface area contributed by atoms with Gasteiger partial charge < -0.3 is 26.9 Å². The number of nitrogens with two attached hydrogens (primary N) is 2. The summed E-state index contributed by atoms with van der Waals surface area (Å²) < 4.78 is 29.3. The second-order valence-electron chi connectivity index (χ2n) is 5.20. The van der Waals surface area contributed by atoms with Gasteiger partial charge >= 0.3 is 0 Å². The van der Waals surface area contributed by atoms with Gasteiger partial charge in [0.2, 0.25) is 0 Å². The van der Waals surface area contributed by atoms with Gasteiger partial charge in [0.05, 0.1) is 0 Å². The van der Waals surface area contributed by atoms with Crippen molar-refractivity contribution in [1.29, 1.82) is 0 Å². The second-order valence-corrected chi connectivity index (χ2v) is 5.20. The molecule has 0 aliphatic rings. The molecule has 8 heteroatoms. The Morgan fingerprint density at radius 1 is 0.923 bits per heavy atom. The first-order valence-corrected chi connectivity index (χ1v) is 7.47. The number of nitrogen functional groups attached to an aromatic ring is 2. The van der Waals surface area contributed by atoms with E-state index in [0.29, 0.717) is 22.7 Å². The van der Waals surface area contributed by atoms with E-state index >= 15 is 0 Å². The molecule has 0 unspecified atom stereocenters. The molecule has 0 fully saturated rings. The van der Waals surface area contributed by atoms with Crippen LogP contribution in [0.2, 0.25) is 0 Å². The predicted molar refractivity (Wildman–Crippen MR) is 97.3 cm³/mol. The van der Waals surface area contributed by atoms with Crippen molar-refractivity contribution in [3.8, 4) is 0 Å². The van der Waals surface area contributed by atoms with Crippen molar-refractivity contribution in [3.05, 3.63) is 77.9 Å². The standard InChI is InChI=1S/C12H10F2N2O2.C6H7N2/c13-11(14)9-5-6-10(18-9)12(17)16-8-3-1-7(15)2-4-8;7-5-1-2-6(8)4-3-5/h1-6,11H,15H2,(H,16,17);1-4,7H,8H2/q;-1. The van der Waals surface area contributed by atoms with Crippen molar-refractivity contribution in [3.63, 3.8) is 0 Å². The molecule has 3 aromatic rings. The van der Waals surface area contributed by atoms with Crippen LogP contribution in [-0.2, 0) is 0 Å². The minimum Gasteiger partial charge on any atom is -0.699 e. The normalized spacial score (nSPS) is 10.1. The lowest BCUT2D eigenvalue weighted by molar-refractivity contribution is 0.0964. The fraction of sp³-hybridized carbons (Fsp3) is 0.0556. The summed E-state index contributed by atoms with van der Waals surface area (Å²) in [4.78, 5) is 11.7. The Bertz CT molecular complexity index is 825. The van der Waals surface area contributed by atoms with Crippen molar-refractivity contribution < 1.29 is 18.0 Å². The maximum absolute atomic E-state index is 12.3. The van der Waals surface area contributed by atoms with Crippen molar-refractivity contribution in [2.24, 2.45) is 0 Å². The highest BCUT2D eigenvalue weighted by Gasteiger charge is 2.16. The highest BCUT2D eigenvalue weighted by Crippen LogP contribution is 2.21. The first-order valence-electron chi connectivity index (χ1n) is 7.47. The number of alkyl halides is 2. The molecule has 0 spiro atoms. The molecule has 136 valence electrons. The molecule has 0 bridgehead atoms. The van der Waals surface area contributed by atoms with Crippen LogP contribution in [-0.4, -0.2) is 5.91 Å². The van der Waals surface area contributed by atoms with Crippen LogP contribution >= 0.6 is 0 Å². The van der Waals surface area contributed by atoms with Gasteiger partial charge in [0.25, 0.3) is 12.3 Å². The van der Waals surface area contributed by atoms with E-state index in [0.717, 1.165) is 6.07 Å². The van der Waals surface area contributed by atoms with Crippen LogP contribution in [0.25, 0.3) is 5.73 Å². The zero-order valence-electron chi connectivity index (χ0n) is 13.6. The Morgan fingerprint density at radius 3 is 1.92 bits per heavy atom. The predicted octanol–water partition coefficient (Wildman–Crippen LogP) is 5.00. The molecule has 1 amide bonds. The van der Waals surface area contributed by atoms with E-state index < -0.39 is 18.1 Å². The Kier molecular flexibility index (Phi) is 6.15. The number of rotatable bonds is 3. The van der Waals surface area contributed by atoms with Crippen molar-refractivity contribution >= 4 is 28.7 Å². The van der Waals surface area contributed by atoms with E-state index in [4.69, 9.17) is 21.6 Å². The van der Waals surface area contributed by atoms with Gasteiger partial charge in [-0.15, -0.1) is 5.69 Å². The molecule has 0 saturated carbocycles. The first kappa shape index (κ1) is 18.8. The Labute approximate surface area is 148 Å². The summed E-state index contributed by atoms with van der Waals surface area (Å²) in [6.07, 6.45) is -2.73. The molecule has 0 saturated heterocycles. The number of anilines is 3. The van der Waals surface area contributed by atoms with Crippen LogP contribution in [0.1, 0.15) is 22.7 Å². The molecule has 3 rings (SSSR count). The number of hydrogen-bond donors (Lipinski definition) is 3. The quantitative estimate of drug-likeness (QED) is 0.570. The number of halogens is 2. The molecule has 2 aromatic carbocycles. The molecule has 0 aliphatic heterocycles. The van der Waals surface area contributed by atoms with E-state index in [2.05, 4.69) is 5.32 Å². The zero-order valence-corrected chi connectivity index (χ0v) is 13.6. The Balaban J connectivity index is 0.000000254. The van der Waals surface area contributed by atoms with Gasteiger partial charge in [0, 0.05) is 17.1 Å². The zero-order chi connectivity index (χ0) is 19.1. The fourth-order valence-electron chi connectivity index (χ4n) is 1.83. The van der Waals surface area contributed by atoms with E-state index in [1.165, 1.54) is 6.07 Å². The largest absolute Gasteiger partial charge is 0.699 e. The summed E-state index contributed by atoms with van der Waals surface area (Å²) >= 11 is 0. The van der Waals surface area contributed by atoms with E-state index in [-0.39, 0.29) is 5.76 Å². The van der Waals surface area contributed by atoms with Gasteiger partial charge in [-0.1, -0.05) is 12.1 Å². The van der Waals surface area contributed by atoms with Gasteiger partial charge in [-0.2, -0.15) is 0 Å². The lowest BCUT2D eigenvalue weighted by atomic mass is 10.3. The van der Waals surface area contributed by atoms with Crippen molar-refractivity contribution in [1.82, 2.24) is 0 Å². The average Bonchev–Trinajstić information content (AvgIpc) is 3.11. The lowest BCUT2D eigenvalue weighted by Crippen LogP contribution is -2.10. The maximum atomic E-state index is 12.3. The van der Waals surface area contributed by atoms with Crippen molar-refractivity contribution in [2.45, 2.75) is 6.43 Å². The van der Waals surface area contributed by atoms with Crippen LogP contribution in [0.3, 0.4) is 0 Å². The van der Waals surface area contributed by atoms with Gasteiger partial charge in [0.15, 0.2) is 11.5 Å². The molecule has 6 nitrogen and oxygen atoms in total. The molecule has 1 aromatic heterocycles. The molecule has 0 atom stereocenters. The van der Waals surface area contributed by atoms with E-state index in [1.54, 1.807) is 48.5 Å². The highest BCUT2D eigenvalue weighted by molar-refractivity contribution is 6.02. The lowest BCUT2D eigenvalue weighted by Gasteiger charge is -2.03. The number of nitrogens with one attached hydrogen (secondary N) is 2. The minimum atomic E-state index is -2.73. The molecule has 0 radical (unpaired) electrons. The van der Waals surface area contributed by atoms with Crippen LogP contribution < -0.4 is 16.8 Å². The monoisotopic (exact) mass is 359 g/mol. The third-order valence-electron chi connectivity index (χ3n) is 3.14. The Hall–Kier alpha value is -3.55. The maximum Gasteiger partial charge on any atom is 0.295 e. The number of amides is 1. The molecule has 1 heterocycles. The van der Waals surface area contributed by atoms with E-state index in [9.17, 15) is 13.6 Å².